The van der Waals surface area contributed by atoms with Gasteiger partial charge in [-0.2, -0.15) is 0 Å². The van der Waals surface area contributed by atoms with Crippen LogP contribution >= 0.6 is 0 Å². The largest absolute Gasteiger partial charge is 0.319 e. The molecule has 1 heterocycles. The summed E-state index contributed by atoms with van der Waals surface area (Å²) in [5, 5.41) is 3.36. The van der Waals surface area contributed by atoms with Crippen LogP contribution in [0.2, 0.25) is 0 Å². The Balaban J connectivity index is 1.86. The number of nitrogens with zero attached hydrogens (tertiary/aromatic N) is 1. The second-order valence-corrected chi connectivity index (χ2v) is 7.49. The SMILES string of the molecule is CNCC1CCC1N1CCCC(C(C)(C)C)CC1. The molecule has 2 nitrogen and oxygen atoms in total. The van der Waals surface area contributed by atoms with E-state index in [9.17, 15) is 0 Å². The third-order valence-electron chi connectivity index (χ3n) is 5.30. The van der Waals surface area contributed by atoms with Crippen LogP contribution in [-0.2, 0) is 0 Å². The highest BCUT2D eigenvalue weighted by Gasteiger charge is 2.36. The van der Waals surface area contributed by atoms with E-state index >= 15 is 0 Å². The predicted octanol–water partition coefficient (Wildman–Crippen LogP) is 3.13. The summed E-state index contributed by atoms with van der Waals surface area (Å²) in [6, 6.07) is 0.885. The van der Waals surface area contributed by atoms with Gasteiger partial charge in [-0.1, -0.05) is 20.8 Å². The molecule has 2 rings (SSSR count). The second kappa shape index (κ2) is 5.92. The van der Waals surface area contributed by atoms with Crippen LogP contribution < -0.4 is 5.32 Å². The van der Waals surface area contributed by atoms with E-state index in [1.807, 2.05) is 0 Å². The summed E-state index contributed by atoms with van der Waals surface area (Å²) < 4.78 is 0. The van der Waals surface area contributed by atoms with Gasteiger partial charge in [0.1, 0.15) is 0 Å². The van der Waals surface area contributed by atoms with Gasteiger partial charge < -0.3 is 10.2 Å². The molecule has 1 saturated heterocycles. The van der Waals surface area contributed by atoms with E-state index in [0.29, 0.717) is 5.41 Å². The lowest BCUT2D eigenvalue weighted by Gasteiger charge is -2.44. The van der Waals surface area contributed by atoms with Crippen molar-refractivity contribution >= 4 is 0 Å². The van der Waals surface area contributed by atoms with Gasteiger partial charge in [0.05, 0.1) is 0 Å². The van der Waals surface area contributed by atoms with Crippen molar-refractivity contribution in [2.75, 3.05) is 26.7 Å². The average molecular weight is 252 g/mol. The first kappa shape index (κ1) is 14.3. The monoisotopic (exact) mass is 252 g/mol. The maximum atomic E-state index is 3.36. The summed E-state index contributed by atoms with van der Waals surface area (Å²) in [4.78, 5) is 2.80. The van der Waals surface area contributed by atoms with E-state index in [2.05, 4.69) is 38.0 Å². The smallest absolute Gasteiger partial charge is 0.0136 e. The minimum Gasteiger partial charge on any atom is -0.319 e. The summed E-state index contributed by atoms with van der Waals surface area (Å²) >= 11 is 0. The fourth-order valence-corrected chi connectivity index (χ4v) is 3.85. The van der Waals surface area contributed by atoms with Crippen molar-refractivity contribution < 1.29 is 0 Å². The number of likely N-dealkylation sites (tertiary alicyclic amines) is 1. The Morgan fingerprint density at radius 3 is 2.39 bits per heavy atom. The lowest BCUT2D eigenvalue weighted by Crippen LogP contribution is -2.50. The Morgan fingerprint density at radius 2 is 1.83 bits per heavy atom. The maximum Gasteiger partial charge on any atom is 0.0136 e. The first-order chi connectivity index (χ1) is 8.52. The minimum absolute atomic E-state index is 0.500. The first-order valence-electron chi connectivity index (χ1n) is 7.91. The lowest BCUT2D eigenvalue weighted by atomic mass is 9.76. The van der Waals surface area contributed by atoms with Gasteiger partial charge in [0.2, 0.25) is 0 Å². The van der Waals surface area contributed by atoms with Crippen molar-refractivity contribution in [1.82, 2.24) is 10.2 Å². The first-order valence-corrected chi connectivity index (χ1v) is 7.91. The second-order valence-electron chi connectivity index (χ2n) is 7.49. The average Bonchev–Trinajstić information content (AvgIpc) is 2.49. The van der Waals surface area contributed by atoms with Gasteiger partial charge in [-0.15, -0.1) is 0 Å². The van der Waals surface area contributed by atoms with Crippen LogP contribution in [0, 0.1) is 17.3 Å². The molecular formula is C16H32N2. The summed E-state index contributed by atoms with van der Waals surface area (Å²) in [5.41, 5.74) is 0.500. The zero-order chi connectivity index (χ0) is 13.2. The highest BCUT2D eigenvalue weighted by molar-refractivity contribution is 4.91. The van der Waals surface area contributed by atoms with Crippen molar-refractivity contribution in [3.63, 3.8) is 0 Å². The Bertz CT molecular complexity index is 256. The summed E-state index contributed by atoms with van der Waals surface area (Å²) in [6.07, 6.45) is 7.12. The fraction of sp³-hybridized carbons (Fsp3) is 1.00. The molecule has 0 spiro atoms. The third kappa shape index (κ3) is 3.27. The number of nitrogens with one attached hydrogen (secondary N) is 1. The third-order valence-corrected chi connectivity index (χ3v) is 5.30. The van der Waals surface area contributed by atoms with Gasteiger partial charge in [0.15, 0.2) is 0 Å². The quantitative estimate of drug-likeness (QED) is 0.830. The van der Waals surface area contributed by atoms with Gasteiger partial charge in [-0.25, -0.2) is 0 Å². The Morgan fingerprint density at radius 1 is 1.06 bits per heavy atom. The molecule has 106 valence electrons. The van der Waals surface area contributed by atoms with E-state index in [0.717, 1.165) is 17.9 Å². The molecule has 1 aliphatic carbocycles. The van der Waals surface area contributed by atoms with Crippen LogP contribution in [0.15, 0.2) is 0 Å². The Kier molecular flexibility index (Phi) is 4.71. The standard InChI is InChI=1S/C16H32N2/c1-16(2,3)14-6-5-10-18(11-9-14)15-8-7-13(15)12-17-4/h13-15,17H,5-12H2,1-4H3. The molecule has 1 aliphatic heterocycles. The molecule has 2 fully saturated rings. The van der Waals surface area contributed by atoms with E-state index < -0.39 is 0 Å². The van der Waals surface area contributed by atoms with E-state index in [1.165, 1.54) is 51.7 Å². The molecule has 2 aliphatic rings. The summed E-state index contributed by atoms with van der Waals surface area (Å²) in [7, 11) is 2.09. The highest BCUT2D eigenvalue weighted by Crippen LogP contribution is 2.38. The molecule has 0 bridgehead atoms. The van der Waals surface area contributed by atoms with Gasteiger partial charge in [0.25, 0.3) is 0 Å². The molecule has 1 N–H and O–H groups in total. The Labute approximate surface area is 114 Å². The van der Waals surface area contributed by atoms with Gasteiger partial charge in [-0.05, 0) is 76.0 Å². The molecule has 0 aromatic carbocycles. The molecule has 3 atom stereocenters. The van der Waals surface area contributed by atoms with Crippen molar-refractivity contribution in [3.05, 3.63) is 0 Å². The molecular weight excluding hydrogens is 220 g/mol. The summed E-state index contributed by atoms with van der Waals surface area (Å²) in [5.74, 6) is 1.84. The van der Waals surface area contributed by atoms with E-state index in [4.69, 9.17) is 0 Å². The van der Waals surface area contributed by atoms with Crippen LogP contribution in [0.25, 0.3) is 0 Å². The molecule has 0 aromatic rings. The van der Waals surface area contributed by atoms with Gasteiger partial charge in [0, 0.05) is 6.04 Å². The van der Waals surface area contributed by atoms with Crippen LogP contribution in [0.5, 0.6) is 0 Å². The van der Waals surface area contributed by atoms with Crippen molar-refractivity contribution in [2.45, 2.75) is 58.9 Å². The Hall–Kier alpha value is -0.0800. The fourth-order valence-electron chi connectivity index (χ4n) is 3.85. The zero-order valence-electron chi connectivity index (χ0n) is 12.8. The number of rotatable bonds is 3. The highest BCUT2D eigenvalue weighted by atomic mass is 15.2. The molecule has 1 saturated carbocycles. The van der Waals surface area contributed by atoms with Crippen molar-refractivity contribution in [3.8, 4) is 0 Å². The summed E-state index contributed by atoms with van der Waals surface area (Å²) in [6.45, 7) is 11.1. The predicted molar refractivity (Wildman–Crippen MR) is 78.8 cm³/mol. The molecule has 0 aromatic heterocycles. The van der Waals surface area contributed by atoms with Crippen LogP contribution in [0.1, 0.15) is 52.9 Å². The molecule has 18 heavy (non-hydrogen) atoms. The van der Waals surface area contributed by atoms with Crippen LogP contribution in [0.3, 0.4) is 0 Å². The number of hydrogen-bond donors (Lipinski definition) is 1. The molecule has 0 amide bonds. The normalized spacial score (nSPS) is 35.0. The minimum atomic E-state index is 0.500. The molecule has 3 unspecified atom stereocenters. The van der Waals surface area contributed by atoms with Crippen LogP contribution in [0.4, 0.5) is 0 Å². The van der Waals surface area contributed by atoms with Crippen molar-refractivity contribution in [2.24, 2.45) is 17.3 Å². The van der Waals surface area contributed by atoms with Gasteiger partial charge >= 0.3 is 0 Å². The lowest BCUT2D eigenvalue weighted by molar-refractivity contribution is 0.0630. The molecule has 2 heteroatoms. The topological polar surface area (TPSA) is 15.3 Å². The van der Waals surface area contributed by atoms with E-state index in [-0.39, 0.29) is 0 Å². The number of hydrogen-bond acceptors (Lipinski definition) is 2. The molecule has 0 radical (unpaired) electrons. The maximum absolute atomic E-state index is 3.36. The van der Waals surface area contributed by atoms with E-state index in [1.54, 1.807) is 0 Å². The van der Waals surface area contributed by atoms with Crippen molar-refractivity contribution in [1.29, 1.82) is 0 Å². The zero-order valence-corrected chi connectivity index (χ0v) is 12.8. The van der Waals surface area contributed by atoms with Gasteiger partial charge in [-0.3, -0.25) is 0 Å². The van der Waals surface area contributed by atoms with Crippen LogP contribution in [-0.4, -0.2) is 37.6 Å².